The molecule has 3 nitrogen and oxygen atoms in total. The van der Waals surface area contributed by atoms with Crippen LogP contribution in [0.5, 0.6) is 0 Å². The lowest BCUT2D eigenvalue weighted by Crippen LogP contribution is -2.39. The summed E-state index contributed by atoms with van der Waals surface area (Å²) in [5.74, 6) is -0.0555. The number of carbonyl (C=O) groups is 1. The highest BCUT2D eigenvalue weighted by atomic mass is 35.5. The topological polar surface area (TPSA) is 46.3 Å². The van der Waals surface area contributed by atoms with E-state index in [1.54, 1.807) is 12.1 Å². The van der Waals surface area contributed by atoms with E-state index in [1.807, 2.05) is 12.1 Å². The Morgan fingerprint density at radius 1 is 1.45 bits per heavy atom. The van der Waals surface area contributed by atoms with Crippen LogP contribution in [0.2, 0.25) is 5.02 Å². The molecule has 1 amide bonds. The Bertz CT molecular complexity index is 510. The van der Waals surface area contributed by atoms with Crippen LogP contribution in [-0.2, 0) is 4.79 Å². The van der Waals surface area contributed by atoms with Gasteiger partial charge in [0, 0.05) is 24.7 Å². The molecule has 0 fully saturated rings. The van der Waals surface area contributed by atoms with Gasteiger partial charge in [-0.1, -0.05) is 42.3 Å². The first-order chi connectivity index (χ1) is 9.45. The Hall–Kier alpha value is -1.32. The Labute approximate surface area is 125 Å². The second-order valence-electron chi connectivity index (χ2n) is 5.69. The number of amides is 1. The van der Waals surface area contributed by atoms with Gasteiger partial charge in [-0.15, -0.1) is 0 Å². The molecule has 0 unspecified atom stereocenters. The molecule has 2 atom stereocenters. The van der Waals surface area contributed by atoms with E-state index in [2.05, 4.69) is 24.8 Å². The molecule has 4 heteroatoms. The molecular weight excluding hydrogens is 272 g/mol. The smallest absolute Gasteiger partial charge is 0.226 e. The number of benzene rings is 1. The third-order valence-corrected chi connectivity index (χ3v) is 3.90. The van der Waals surface area contributed by atoms with Crippen LogP contribution in [0.3, 0.4) is 0 Å². The van der Waals surface area contributed by atoms with Crippen molar-refractivity contribution in [3.63, 3.8) is 0 Å². The summed E-state index contributed by atoms with van der Waals surface area (Å²) >= 11 is 5.89. The summed E-state index contributed by atoms with van der Waals surface area (Å²) in [6.45, 7) is 6.85. The number of hydrogen-bond donors (Lipinski definition) is 1. The van der Waals surface area contributed by atoms with Crippen molar-refractivity contribution in [1.82, 2.24) is 4.90 Å². The maximum atomic E-state index is 11.8. The summed E-state index contributed by atoms with van der Waals surface area (Å²) < 4.78 is 0. The van der Waals surface area contributed by atoms with Crippen molar-refractivity contribution < 1.29 is 4.79 Å². The molecule has 108 valence electrons. The van der Waals surface area contributed by atoms with E-state index in [4.69, 9.17) is 17.3 Å². The lowest BCUT2D eigenvalue weighted by atomic mass is 9.95. The van der Waals surface area contributed by atoms with Crippen molar-refractivity contribution >= 4 is 17.5 Å². The van der Waals surface area contributed by atoms with Crippen molar-refractivity contribution in [2.45, 2.75) is 19.8 Å². The summed E-state index contributed by atoms with van der Waals surface area (Å²) in [5.41, 5.74) is 7.86. The predicted octanol–water partition coefficient (Wildman–Crippen LogP) is 2.81. The van der Waals surface area contributed by atoms with Gasteiger partial charge in [-0.25, -0.2) is 0 Å². The number of halogens is 1. The average Bonchev–Trinajstić information content (AvgIpc) is 2.36. The minimum Gasteiger partial charge on any atom is -0.369 e. The first-order valence-electron chi connectivity index (χ1n) is 6.90. The summed E-state index contributed by atoms with van der Waals surface area (Å²) in [6.07, 6.45) is 2.29. The highest BCUT2D eigenvalue weighted by Gasteiger charge is 2.24. The van der Waals surface area contributed by atoms with Gasteiger partial charge in [0.05, 0.1) is 5.92 Å². The lowest BCUT2D eigenvalue weighted by Gasteiger charge is -2.32. The maximum absolute atomic E-state index is 11.8. The quantitative estimate of drug-likeness (QED) is 0.868. The maximum Gasteiger partial charge on any atom is 0.226 e. The minimum absolute atomic E-state index is 0.285. The molecule has 1 aliphatic rings. The van der Waals surface area contributed by atoms with Crippen molar-refractivity contribution in [3.05, 3.63) is 46.5 Å². The Balaban J connectivity index is 2.12. The first kappa shape index (κ1) is 15.1. The van der Waals surface area contributed by atoms with E-state index in [1.165, 1.54) is 5.57 Å². The monoisotopic (exact) mass is 292 g/mol. The van der Waals surface area contributed by atoms with E-state index in [9.17, 15) is 4.79 Å². The average molecular weight is 293 g/mol. The first-order valence-corrected chi connectivity index (χ1v) is 7.28. The zero-order chi connectivity index (χ0) is 14.7. The second kappa shape index (κ2) is 6.42. The number of primary amides is 1. The van der Waals surface area contributed by atoms with Gasteiger partial charge in [0.2, 0.25) is 5.91 Å². The minimum atomic E-state index is -0.287. The molecule has 1 heterocycles. The molecule has 0 aromatic heterocycles. The van der Waals surface area contributed by atoms with Crippen molar-refractivity contribution in [2.24, 2.45) is 11.7 Å². The molecule has 0 bridgehead atoms. The standard InChI is InChI=1S/C16H21ClN2O/c1-11-7-12(2)9-19(8-11)10-15(16(18)20)13-3-5-14(17)6-4-13/h3-7,11,15H,8-10H2,1-2H3,(H2,18,20)/t11-,15-/m1/s1. The predicted molar refractivity (Wildman–Crippen MR) is 82.7 cm³/mol. The fraction of sp³-hybridized carbons (Fsp3) is 0.438. The van der Waals surface area contributed by atoms with E-state index in [0.717, 1.165) is 18.7 Å². The zero-order valence-corrected chi connectivity index (χ0v) is 12.7. The van der Waals surface area contributed by atoms with Gasteiger partial charge in [0.1, 0.15) is 0 Å². The molecule has 1 aromatic carbocycles. The number of hydrogen-bond acceptors (Lipinski definition) is 2. The summed E-state index contributed by atoms with van der Waals surface area (Å²) in [7, 11) is 0. The Morgan fingerprint density at radius 3 is 2.65 bits per heavy atom. The molecule has 0 saturated heterocycles. The molecule has 1 aromatic rings. The van der Waals surface area contributed by atoms with Gasteiger partial charge in [-0.2, -0.15) is 0 Å². The molecule has 2 rings (SSSR count). The molecular formula is C16H21ClN2O. The van der Waals surface area contributed by atoms with E-state index in [-0.39, 0.29) is 11.8 Å². The van der Waals surface area contributed by atoms with Crippen LogP contribution in [0.25, 0.3) is 0 Å². The molecule has 2 N–H and O–H groups in total. The third-order valence-electron chi connectivity index (χ3n) is 3.64. The number of rotatable bonds is 4. The molecule has 0 saturated carbocycles. The molecule has 1 aliphatic heterocycles. The van der Waals surface area contributed by atoms with E-state index < -0.39 is 0 Å². The number of carbonyl (C=O) groups excluding carboxylic acids is 1. The summed E-state index contributed by atoms with van der Waals surface area (Å²) in [6, 6.07) is 7.37. The Kier molecular flexibility index (Phi) is 4.84. The second-order valence-corrected chi connectivity index (χ2v) is 6.13. The molecule has 0 aliphatic carbocycles. The van der Waals surface area contributed by atoms with Gasteiger partial charge >= 0.3 is 0 Å². The third kappa shape index (κ3) is 3.84. The number of nitrogens with two attached hydrogens (primary N) is 1. The van der Waals surface area contributed by atoms with Gasteiger partial charge < -0.3 is 5.73 Å². The highest BCUT2D eigenvalue weighted by Crippen LogP contribution is 2.22. The van der Waals surface area contributed by atoms with Crippen LogP contribution in [0, 0.1) is 5.92 Å². The Morgan fingerprint density at radius 2 is 2.10 bits per heavy atom. The van der Waals surface area contributed by atoms with Crippen LogP contribution in [-0.4, -0.2) is 30.4 Å². The van der Waals surface area contributed by atoms with Crippen LogP contribution in [0.4, 0.5) is 0 Å². The largest absolute Gasteiger partial charge is 0.369 e. The fourth-order valence-electron chi connectivity index (χ4n) is 2.87. The van der Waals surface area contributed by atoms with Gasteiger partial charge in [-0.3, -0.25) is 9.69 Å². The van der Waals surface area contributed by atoms with E-state index in [0.29, 0.717) is 17.5 Å². The summed E-state index contributed by atoms with van der Waals surface area (Å²) in [5, 5.41) is 0.669. The number of nitrogens with zero attached hydrogens (tertiary/aromatic N) is 1. The van der Waals surface area contributed by atoms with Gasteiger partial charge in [0.25, 0.3) is 0 Å². The van der Waals surface area contributed by atoms with Crippen LogP contribution < -0.4 is 5.73 Å². The lowest BCUT2D eigenvalue weighted by molar-refractivity contribution is -0.119. The van der Waals surface area contributed by atoms with E-state index >= 15 is 0 Å². The van der Waals surface area contributed by atoms with Crippen molar-refractivity contribution in [1.29, 1.82) is 0 Å². The van der Waals surface area contributed by atoms with Crippen molar-refractivity contribution in [3.8, 4) is 0 Å². The summed E-state index contributed by atoms with van der Waals surface area (Å²) in [4.78, 5) is 14.1. The SMILES string of the molecule is CC1=C[C@@H](C)CN(C[C@@H](C(N)=O)c2ccc(Cl)cc2)C1. The van der Waals surface area contributed by atoms with Crippen LogP contribution >= 0.6 is 11.6 Å². The van der Waals surface area contributed by atoms with Crippen molar-refractivity contribution in [2.75, 3.05) is 19.6 Å². The van der Waals surface area contributed by atoms with Crippen LogP contribution in [0.1, 0.15) is 25.3 Å². The molecule has 0 spiro atoms. The highest BCUT2D eigenvalue weighted by molar-refractivity contribution is 6.30. The van der Waals surface area contributed by atoms with Gasteiger partial charge in [-0.05, 0) is 30.5 Å². The normalized spacial score (nSPS) is 21.4. The zero-order valence-electron chi connectivity index (χ0n) is 12.0. The molecule has 20 heavy (non-hydrogen) atoms. The fourth-order valence-corrected chi connectivity index (χ4v) is 2.99. The van der Waals surface area contributed by atoms with Crippen LogP contribution in [0.15, 0.2) is 35.9 Å². The molecule has 0 radical (unpaired) electrons. The van der Waals surface area contributed by atoms with Gasteiger partial charge in [0.15, 0.2) is 0 Å².